The number of hydrogen-bond acceptors (Lipinski definition) is 5. The second kappa shape index (κ2) is 5.94. The van der Waals surface area contributed by atoms with Crippen LogP contribution in [0.15, 0.2) is 17.0 Å². The van der Waals surface area contributed by atoms with Gasteiger partial charge in [0.25, 0.3) is 5.69 Å². The molecule has 2 rings (SSSR count). The molecule has 1 aliphatic carbocycles. The average molecular weight is 327 g/mol. The Bertz CT molecular complexity index is 694. The summed E-state index contributed by atoms with van der Waals surface area (Å²) < 4.78 is 28.2. The normalized spacial score (nSPS) is 17.6. The number of rotatable bonds is 5. The van der Waals surface area contributed by atoms with Gasteiger partial charge >= 0.3 is 0 Å². The third-order valence-corrected chi connectivity index (χ3v) is 6.18. The number of aryl methyl sites for hydroxylation is 1. The number of sulfonamides is 1. The van der Waals surface area contributed by atoms with Gasteiger partial charge in [-0.05, 0) is 37.8 Å². The summed E-state index contributed by atoms with van der Waals surface area (Å²) in [5.41, 5.74) is 5.75. The fraction of sp³-hybridized carbons (Fsp3) is 0.571. The third kappa shape index (κ3) is 2.99. The van der Waals surface area contributed by atoms with E-state index in [2.05, 4.69) is 4.72 Å². The summed E-state index contributed by atoms with van der Waals surface area (Å²) in [5, 5.41) is 11.2. The molecule has 0 aliphatic heterocycles. The molecule has 1 aromatic rings. The molecule has 3 N–H and O–H groups in total. The van der Waals surface area contributed by atoms with Crippen molar-refractivity contribution in [3.8, 4) is 0 Å². The molecule has 0 atom stereocenters. The van der Waals surface area contributed by atoms with Crippen LogP contribution >= 0.6 is 0 Å². The van der Waals surface area contributed by atoms with E-state index in [1.807, 2.05) is 0 Å². The summed E-state index contributed by atoms with van der Waals surface area (Å²) in [6, 6.07) is 2.79. The zero-order valence-corrected chi connectivity index (χ0v) is 13.6. The number of nitrogens with two attached hydrogens (primary N) is 1. The molecule has 122 valence electrons. The van der Waals surface area contributed by atoms with Gasteiger partial charge in [-0.1, -0.05) is 18.9 Å². The minimum Gasteiger partial charge on any atom is -0.329 e. The second-order valence-corrected chi connectivity index (χ2v) is 7.53. The Morgan fingerprint density at radius 3 is 2.41 bits per heavy atom. The van der Waals surface area contributed by atoms with Crippen molar-refractivity contribution in [1.29, 1.82) is 0 Å². The van der Waals surface area contributed by atoms with E-state index in [1.54, 1.807) is 19.9 Å². The van der Waals surface area contributed by atoms with Gasteiger partial charge in [-0.2, -0.15) is 0 Å². The van der Waals surface area contributed by atoms with Crippen LogP contribution in [0.5, 0.6) is 0 Å². The maximum absolute atomic E-state index is 12.8. The lowest BCUT2D eigenvalue weighted by Crippen LogP contribution is -2.51. The molecule has 22 heavy (non-hydrogen) atoms. The van der Waals surface area contributed by atoms with Gasteiger partial charge in [-0.3, -0.25) is 10.1 Å². The Morgan fingerprint density at radius 2 is 1.91 bits per heavy atom. The van der Waals surface area contributed by atoms with Crippen LogP contribution in [-0.2, 0) is 10.0 Å². The van der Waals surface area contributed by atoms with E-state index >= 15 is 0 Å². The molecular formula is C14H21N3O4S. The third-order valence-electron chi connectivity index (χ3n) is 4.42. The van der Waals surface area contributed by atoms with Crippen LogP contribution in [-0.4, -0.2) is 25.4 Å². The van der Waals surface area contributed by atoms with Gasteiger partial charge in [0.2, 0.25) is 10.0 Å². The predicted molar refractivity (Wildman–Crippen MR) is 83.1 cm³/mol. The number of hydrogen-bond donors (Lipinski definition) is 2. The van der Waals surface area contributed by atoms with Crippen LogP contribution in [0.25, 0.3) is 0 Å². The van der Waals surface area contributed by atoms with Crippen molar-refractivity contribution in [1.82, 2.24) is 4.72 Å². The minimum atomic E-state index is -4.01. The van der Waals surface area contributed by atoms with E-state index in [0.717, 1.165) is 12.8 Å². The molecule has 0 radical (unpaired) electrons. The van der Waals surface area contributed by atoms with Crippen LogP contribution in [0.2, 0.25) is 0 Å². The van der Waals surface area contributed by atoms with E-state index < -0.39 is 26.2 Å². The highest BCUT2D eigenvalue weighted by Crippen LogP contribution is 2.34. The first-order valence-electron chi connectivity index (χ1n) is 7.21. The Morgan fingerprint density at radius 1 is 1.32 bits per heavy atom. The van der Waals surface area contributed by atoms with Crippen molar-refractivity contribution in [2.45, 2.75) is 50.0 Å². The summed E-state index contributed by atoms with van der Waals surface area (Å²) >= 11 is 0. The first-order valence-corrected chi connectivity index (χ1v) is 8.69. The number of nitro groups is 1. The largest absolute Gasteiger partial charge is 0.329 e. The fourth-order valence-electron chi connectivity index (χ4n) is 2.99. The SMILES string of the molecule is Cc1ccc([N+](=O)[O-])c(S(=O)(=O)NC2(CN)CCCC2)c1C. The van der Waals surface area contributed by atoms with E-state index in [9.17, 15) is 18.5 Å². The van der Waals surface area contributed by atoms with Crippen molar-refractivity contribution >= 4 is 15.7 Å². The van der Waals surface area contributed by atoms with Crippen molar-refractivity contribution in [2.24, 2.45) is 5.73 Å². The van der Waals surface area contributed by atoms with Gasteiger partial charge in [0.1, 0.15) is 0 Å². The maximum atomic E-state index is 12.8. The monoisotopic (exact) mass is 327 g/mol. The van der Waals surface area contributed by atoms with Gasteiger partial charge in [-0.15, -0.1) is 0 Å². The molecule has 0 heterocycles. The highest BCUT2D eigenvalue weighted by molar-refractivity contribution is 7.89. The Hall–Kier alpha value is -1.51. The molecule has 0 saturated heterocycles. The van der Waals surface area contributed by atoms with Crippen molar-refractivity contribution in [2.75, 3.05) is 6.54 Å². The van der Waals surface area contributed by atoms with Crippen LogP contribution in [0.1, 0.15) is 36.8 Å². The Balaban J connectivity index is 2.54. The van der Waals surface area contributed by atoms with Gasteiger partial charge < -0.3 is 5.73 Å². The standard InChI is InChI=1S/C14H21N3O4S/c1-10-5-6-12(17(18)19)13(11(10)2)22(20,21)16-14(9-15)7-3-4-8-14/h5-6,16H,3-4,7-9,15H2,1-2H3. The summed E-state index contributed by atoms with van der Waals surface area (Å²) in [7, 11) is -4.01. The van der Waals surface area contributed by atoms with Crippen molar-refractivity contribution < 1.29 is 13.3 Å². The van der Waals surface area contributed by atoms with E-state index in [0.29, 0.717) is 24.0 Å². The fourth-order valence-corrected chi connectivity index (χ4v) is 4.94. The van der Waals surface area contributed by atoms with E-state index in [-0.39, 0.29) is 11.4 Å². The Kier molecular flexibility index (Phi) is 4.55. The van der Waals surface area contributed by atoms with Crippen LogP contribution in [0, 0.1) is 24.0 Å². The lowest BCUT2D eigenvalue weighted by Gasteiger charge is -2.28. The molecule has 1 aliphatic rings. The molecule has 7 nitrogen and oxygen atoms in total. The highest BCUT2D eigenvalue weighted by Gasteiger charge is 2.39. The quantitative estimate of drug-likeness (QED) is 0.631. The van der Waals surface area contributed by atoms with Gasteiger partial charge in [0.05, 0.1) is 4.92 Å². The first kappa shape index (κ1) is 16.9. The van der Waals surface area contributed by atoms with Gasteiger partial charge in [0, 0.05) is 18.2 Å². The molecule has 1 fully saturated rings. The van der Waals surface area contributed by atoms with Gasteiger partial charge in [0.15, 0.2) is 4.90 Å². The molecule has 1 saturated carbocycles. The zero-order valence-electron chi connectivity index (χ0n) is 12.8. The first-order chi connectivity index (χ1) is 10.2. The number of benzene rings is 1. The molecule has 0 spiro atoms. The number of nitrogens with zero attached hydrogens (tertiary/aromatic N) is 1. The molecule has 0 amide bonds. The van der Waals surface area contributed by atoms with Crippen LogP contribution in [0.3, 0.4) is 0 Å². The smallest absolute Gasteiger partial charge is 0.289 e. The highest BCUT2D eigenvalue weighted by atomic mass is 32.2. The lowest BCUT2D eigenvalue weighted by molar-refractivity contribution is -0.387. The predicted octanol–water partition coefficient (Wildman–Crippen LogP) is 1.76. The van der Waals surface area contributed by atoms with E-state index in [4.69, 9.17) is 5.73 Å². The lowest BCUT2D eigenvalue weighted by atomic mass is 10.0. The maximum Gasteiger partial charge on any atom is 0.289 e. The van der Waals surface area contributed by atoms with Gasteiger partial charge in [-0.25, -0.2) is 13.1 Å². The summed E-state index contributed by atoms with van der Waals surface area (Å²) in [6.45, 7) is 3.50. The zero-order chi connectivity index (χ0) is 16.5. The molecule has 0 bridgehead atoms. The summed E-state index contributed by atoms with van der Waals surface area (Å²) in [6.07, 6.45) is 3.10. The molecule has 1 aromatic carbocycles. The minimum absolute atomic E-state index is 0.185. The number of nitrogens with one attached hydrogen (secondary N) is 1. The molecule has 8 heteroatoms. The van der Waals surface area contributed by atoms with Crippen molar-refractivity contribution in [3.05, 3.63) is 33.4 Å². The van der Waals surface area contributed by atoms with Crippen LogP contribution < -0.4 is 10.5 Å². The molecule has 0 unspecified atom stereocenters. The topological polar surface area (TPSA) is 115 Å². The molecule has 0 aromatic heterocycles. The van der Waals surface area contributed by atoms with Crippen molar-refractivity contribution in [3.63, 3.8) is 0 Å². The Labute approximate surface area is 130 Å². The van der Waals surface area contributed by atoms with Crippen LogP contribution in [0.4, 0.5) is 5.69 Å². The average Bonchev–Trinajstić information content (AvgIpc) is 2.89. The summed E-state index contributed by atoms with van der Waals surface area (Å²) in [5.74, 6) is 0. The summed E-state index contributed by atoms with van der Waals surface area (Å²) in [4.78, 5) is 10.3. The van der Waals surface area contributed by atoms with E-state index in [1.165, 1.54) is 6.07 Å². The molecular weight excluding hydrogens is 306 g/mol. The second-order valence-electron chi connectivity index (χ2n) is 5.91. The number of nitro benzene ring substituents is 1.